The third-order valence-electron chi connectivity index (χ3n) is 1.18. The molecule has 50 valence electrons. The molecule has 0 atom stereocenters. The molecule has 0 fully saturated rings. The van der Waals surface area contributed by atoms with Gasteiger partial charge in [0.1, 0.15) is 5.40 Å². The fourth-order valence-electron chi connectivity index (χ4n) is 0.659. The van der Waals surface area contributed by atoms with Crippen molar-refractivity contribution in [2.24, 2.45) is 0 Å². The summed E-state index contributed by atoms with van der Waals surface area (Å²) in [6, 6.07) is 7.89. The Morgan fingerprint density at radius 3 is 2.40 bits per heavy atom. The molecule has 0 radical (unpaired) electrons. The first-order valence-corrected chi connectivity index (χ1v) is 3.77. The zero-order valence-corrected chi connectivity index (χ0v) is 6.48. The highest BCUT2D eigenvalue weighted by molar-refractivity contribution is 8.03. The van der Waals surface area contributed by atoms with Crippen LogP contribution in [-0.2, 0) is 0 Å². The van der Waals surface area contributed by atoms with Gasteiger partial charge in [-0.15, -0.1) is 0 Å². The number of aryl methyl sites for hydroxylation is 1. The lowest BCUT2D eigenvalue weighted by atomic mass is 10.2. The van der Waals surface area contributed by atoms with Crippen LogP contribution in [0.3, 0.4) is 0 Å². The van der Waals surface area contributed by atoms with Gasteiger partial charge in [-0.25, -0.2) is 0 Å². The smallest absolute Gasteiger partial charge is 0.138 e. The third-order valence-corrected chi connectivity index (χ3v) is 1.78. The average molecular weight is 149 g/mol. The van der Waals surface area contributed by atoms with Crippen molar-refractivity contribution in [2.45, 2.75) is 11.8 Å². The largest absolute Gasteiger partial charge is 0.185 e. The minimum Gasteiger partial charge on any atom is -0.185 e. The molecule has 0 bridgehead atoms. The van der Waals surface area contributed by atoms with Crippen LogP contribution in [0.1, 0.15) is 5.56 Å². The van der Waals surface area contributed by atoms with Gasteiger partial charge < -0.3 is 0 Å². The van der Waals surface area contributed by atoms with Crippen LogP contribution in [0.4, 0.5) is 0 Å². The molecule has 1 aromatic carbocycles. The van der Waals surface area contributed by atoms with Crippen LogP contribution in [0.5, 0.6) is 0 Å². The van der Waals surface area contributed by atoms with Crippen molar-refractivity contribution in [1.82, 2.24) is 0 Å². The van der Waals surface area contributed by atoms with Crippen molar-refractivity contribution < 1.29 is 0 Å². The van der Waals surface area contributed by atoms with Crippen LogP contribution >= 0.6 is 11.8 Å². The van der Waals surface area contributed by atoms with Crippen LogP contribution in [-0.4, -0.2) is 0 Å². The van der Waals surface area contributed by atoms with Crippen molar-refractivity contribution in [1.29, 1.82) is 5.26 Å². The van der Waals surface area contributed by atoms with E-state index >= 15 is 0 Å². The lowest BCUT2D eigenvalue weighted by Gasteiger charge is -1.92. The van der Waals surface area contributed by atoms with E-state index in [1.54, 1.807) is 0 Å². The third kappa shape index (κ3) is 1.78. The number of thiocyanates is 1. The maximum absolute atomic E-state index is 8.30. The van der Waals surface area contributed by atoms with Gasteiger partial charge in [0.25, 0.3) is 0 Å². The lowest BCUT2D eigenvalue weighted by molar-refractivity contribution is 1.38. The van der Waals surface area contributed by atoms with Gasteiger partial charge in [0.05, 0.1) is 0 Å². The van der Waals surface area contributed by atoms with Crippen molar-refractivity contribution in [3.05, 3.63) is 29.8 Å². The summed E-state index contributed by atoms with van der Waals surface area (Å²) in [6.07, 6.45) is 0. The molecule has 0 aliphatic rings. The quantitative estimate of drug-likeness (QED) is 0.452. The highest BCUT2D eigenvalue weighted by Gasteiger charge is 1.89. The van der Waals surface area contributed by atoms with E-state index in [9.17, 15) is 0 Å². The molecule has 0 spiro atoms. The fourth-order valence-corrected chi connectivity index (χ4v) is 1.04. The second-order valence-corrected chi connectivity index (χ2v) is 2.86. The van der Waals surface area contributed by atoms with E-state index in [2.05, 4.69) is 0 Å². The van der Waals surface area contributed by atoms with Crippen LogP contribution in [0.25, 0.3) is 0 Å². The van der Waals surface area contributed by atoms with Crippen LogP contribution in [0, 0.1) is 17.6 Å². The van der Waals surface area contributed by atoms with E-state index in [-0.39, 0.29) is 0 Å². The molecule has 0 aliphatic heterocycles. The molecule has 0 heterocycles. The fraction of sp³-hybridized carbons (Fsp3) is 0.125. The van der Waals surface area contributed by atoms with E-state index in [4.69, 9.17) is 5.26 Å². The Morgan fingerprint density at radius 2 is 1.90 bits per heavy atom. The van der Waals surface area contributed by atoms with Gasteiger partial charge in [-0.2, -0.15) is 5.26 Å². The summed E-state index contributed by atoms with van der Waals surface area (Å²) in [5.41, 5.74) is 1.22. The second-order valence-electron chi connectivity index (χ2n) is 2.01. The van der Waals surface area contributed by atoms with Crippen molar-refractivity contribution in [3.8, 4) is 5.40 Å². The molecule has 0 aliphatic carbocycles. The predicted molar refractivity (Wildman–Crippen MR) is 42.6 cm³/mol. The molecular formula is C8H7NS. The number of hydrogen-bond donors (Lipinski definition) is 0. The summed E-state index contributed by atoms with van der Waals surface area (Å²) in [6.45, 7) is 2.03. The topological polar surface area (TPSA) is 23.8 Å². The Kier molecular flexibility index (Phi) is 2.35. The van der Waals surface area contributed by atoms with E-state index in [0.717, 1.165) is 4.90 Å². The van der Waals surface area contributed by atoms with E-state index in [1.165, 1.54) is 17.3 Å². The summed E-state index contributed by atoms with van der Waals surface area (Å²) in [5.74, 6) is 0. The van der Waals surface area contributed by atoms with Gasteiger partial charge in [0.2, 0.25) is 0 Å². The normalized spacial score (nSPS) is 8.80. The standard InChI is InChI=1S/C8H7NS/c1-7-2-4-8(5-3-7)10-6-9/h2-5H,1H3. The molecule has 2 heteroatoms. The average Bonchev–Trinajstić information content (AvgIpc) is 1.95. The predicted octanol–water partition coefficient (Wildman–Crippen LogP) is 2.57. The van der Waals surface area contributed by atoms with Gasteiger partial charge >= 0.3 is 0 Å². The molecule has 10 heavy (non-hydrogen) atoms. The number of nitrogens with zero attached hydrogens (tertiary/aromatic N) is 1. The summed E-state index contributed by atoms with van der Waals surface area (Å²) >= 11 is 1.19. The molecule has 0 saturated carbocycles. The molecule has 0 saturated heterocycles. The Labute approximate surface area is 64.7 Å². The molecule has 0 amide bonds. The maximum Gasteiger partial charge on any atom is 0.138 e. The lowest BCUT2D eigenvalue weighted by Crippen LogP contribution is -1.70. The van der Waals surface area contributed by atoms with Crippen molar-refractivity contribution in [3.63, 3.8) is 0 Å². The van der Waals surface area contributed by atoms with Gasteiger partial charge in [0.15, 0.2) is 0 Å². The molecule has 1 nitrogen and oxygen atoms in total. The number of benzene rings is 1. The van der Waals surface area contributed by atoms with Gasteiger partial charge in [-0.05, 0) is 30.8 Å². The van der Waals surface area contributed by atoms with Gasteiger partial charge in [-0.1, -0.05) is 17.7 Å². The Morgan fingerprint density at radius 1 is 1.30 bits per heavy atom. The Hall–Kier alpha value is -0.940. The summed E-state index contributed by atoms with van der Waals surface area (Å²) in [7, 11) is 0. The molecule has 0 aromatic heterocycles. The number of thioether (sulfide) groups is 1. The van der Waals surface area contributed by atoms with Crippen LogP contribution in [0.2, 0.25) is 0 Å². The molecule has 0 N–H and O–H groups in total. The number of nitriles is 1. The van der Waals surface area contributed by atoms with Gasteiger partial charge in [0, 0.05) is 4.90 Å². The molecule has 1 aromatic rings. The monoisotopic (exact) mass is 149 g/mol. The zero-order chi connectivity index (χ0) is 7.40. The highest BCUT2D eigenvalue weighted by atomic mass is 32.2. The Bertz CT molecular complexity index is 245. The zero-order valence-electron chi connectivity index (χ0n) is 5.66. The number of rotatable bonds is 1. The van der Waals surface area contributed by atoms with E-state index < -0.39 is 0 Å². The van der Waals surface area contributed by atoms with E-state index in [0.29, 0.717) is 0 Å². The Balaban J connectivity index is 2.81. The number of hydrogen-bond acceptors (Lipinski definition) is 2. The summed E-state index contributed by atoms with van der Waals surface area (Å²) < 4.78 is 0. The second kappa shape index (κ2) is 3.28. The maximum atomic E-state index is 8.30. The first-order valence-electron chi connectivity index (χ1n) is 2.95. The van der Waals surface area contributed by atoms with Crippen LogP contribution in [0.15, 0.2) is 29.2 Å². The molecular weight excluding hydrogens is 142 g/mol. The minimum atomic E-state index is 1.01. The first kappa shape index (κ1) is 7.17. The first-order chi connectivity index (χ1) is 4.83. The SMILES string of the molecule is Cc1ccc(SC#N)cc1. The van der Waals surface area contributed by atoms with Crippen molar-refractivity contribution >= 4 is 11.8 Å². The summed E-state index contributed by atoms with van der Waals surface area (Å²) in [4.78, 5) is 1.01. The minimum absolute atomic E-state index is 1.01. The summed E-state index contributed by atoms with van der Waals surface area (Å²) in [5, 5.41) is 10.3. The molecule has 0 unspecified atom stereocenters. The van der Waals surface area contributed by atoms with E-state index in [1.807, 2.05) is 36.6 Å². The van der Waals surface area contributed by atoms with Gasteiger partial charge in [-0.3, -0.25) is 0 Å². The highest BCUT2D eigenvalue weighted by Crippen LogP contribution is 2.15. The molecule has 1 rings (SSSR count). The van der Waals surface area contributed by atoms with Crippen LogP contribution < -0.4 is 0 Å². The van der Waals surface area contributed by atoms with Crippen molar-refractivity contribution in [2.75, 3.05) is 0 Å².